The molecule has 2 spiro atoms. The molecule has 4 aromatic rings. The zero-order valence-electron chi connectivity index (χ0n) is 49.1. The second-order valence-corrected chi connectivity index (χ2v) is 26.8. The number of benzene rings is 4. The van der Waals surface area contributed by atoms with Crippen LogP contribution in [-0.4, -0.2) is 107 Å². The molecule has 8 rings (SSSR count). The average molecular weight is 1260 g/mol. The summed E-state index contributed by atoms with van der Waals surface area (Å²) < 4.78 is 143. The normalized spacial score (nSPS) is 24.1. The molecular formula is C59H74F6N4O15P2. The molecule has 0 aliphatic carbocycles. The van der Waals surface area contributed by atoms with E-state index in [-0.39, 0.29) is 44.5 Å². The number of phosphoric acid groups is 1. The quantitative estimate of drug-likeness (QED) is 0.0437. The molecular weight excluding hydrogens is 1180 g/mol. The van der Waals surface area contributed by atoms with Gasteiger partial charge in [0.15, 0.2) is 0 Å². The smallest absolute Gasteiger partial charge is 0.422 e. The van der Waals surface area contributed by atoms with E-state index in [1.807, 2.05) is 30.3 Å². The van der Waals surface area contributed by atoms with E-state index in [0.717, 1.165) is 29.8 Å². The third-order valence-electron chi connectivity index (χ3n) is 15.8. The van der Waals surface area contributed by atoms with Crippen LogP contribution in [0.25, 0.3) is 0 Å². The minimum atomic E-state index is -4.93. The van der Waals surface area contributed by atoms with Crippen LogP contribution >= 0.6 is 15.4 Å². The van der Waals surface area contributed by atoms with Crippen molar-refractivity contribution < 1.29 is 97.0 Å². The summed E-state index contributed by atoms with van der Waals surface area (Å²) in [5.74, 6) is -0.282. The third-order valence-corrected chi connectivity index (χ3v) is 17.7. The number of phosphoric ester groups is 1. The van der Waals surface area contributed by atoms with Gasteiger partial charge in [0.2, 0.25) is 25.4 Å². The molecule has 7 atom stereocenters. The van der Waals surface area contributed by atoms with Gasteiger partial charge < -0.3 is 43.9 Å². The van der Waals surface area contributed by atoms with Crippen molar-refractivity contribution in [1.82, 2.24) is 20.4 Å². The summed E-state index contributed by atoms with van der Waals surface area (Å²) in [5, 5.41) is 5.98. The minimum Gasteiger partial charge on any atom is -0.422 e. The van der Waals surface area contributed by atoms with E-state index in [0.29, 0.717) is 72.8 Å². The highest BCUT2D eigenvalue weighted by Gasteiger charge is 2.56. The molecule has 1 unspecified atom stereocenters. The van der Waals surface area contributed by atoms with Crippen LogP contribution in [0.2, 0.25) is 0 Å². The summed E-state index contributed by atoms with van der Waals surface area (Å²) in [6.07, 6.45) is -9.15. The van der Waals surface area contributed by atoms with Gasteiger partial charge >= 0.3 is 40.0 Å². The SMILES string of the molecule is Cc1cc([C@@H](C)OC[C@@]2(c3ccccc3)CC[C@]3(CCC(=O)N3)CN2C(=O)OCOP(=O)(O)O)cc(C(F)(F)F)c1.Cc1cc([C@@H](C)OC[C@@]2(c3ccccc3)CC[C@]3(CCC(=O)N3)CN2C(=O)OCOP(C)(=O)OC(C)(C)C)cc(C(F)(F)F)c1. The molecule has 4 aliphatic heterocycles. The van der Waals surface area contributed by atoms with E-state index in [1.54, 1.807) is 90.9 Å². The molecule has 0 radical (unpaired) electrons. The number of ether oxygens (including phenoxy) is 4. The van der Waals surface area contributed by atoms with Gasteiger partial charge in [0.25, 0.3) is 0 Å². The number of nitrogens with zero attached hydrogens (tertiary/aromatic N) is 2. The summed E-state index contributed by atoms with van der Waals surface area (Å²) in [4.78, 5) is 72.7. The van der Waals surface area contributed by atoms with Crippen molar-refractivity contribution in [3.05, 3.63) is 142 Å². The van der Waals surface area contributed by atoms with Gasteiger partial charge in [-0.1, -0.05) is 83.9 Å². The molecule has 4 aromatic carbocycles. The Kier molecular flexibility index (Phi) is 20.8. The molecule has 27 heteroatoms. The van der Waals surface area contributed by atoms with Crippen LogP contribution in [-0.2, 0) is 74.7 Å². The minimum absolute atomic E-state index is 0.00276. The van der Waals surface area contributed by atoms with Gasteiger partial charge in [0.05, 0.1) is 64.3 Å². The van der Waals surface area contributed by atoms with E-state index in [9.17, 15) is 54.7 Å². The molecule has 472 valence electrons. The number of carbonyl (C=O) groups excluding carboxylic acids is 4. The second-order valence-electron chi connectivity index (χ2n) is 23.6. The maximum atomic E-state index is 13.9. The number of nitrogens with one attached hydrogen (secondary N) is 2. The Morgan fingerprint density at radius 1 is 0.605 bits per heavy atom. The third kappa shape index (κ3) is 17.2. The molecule has 4 N–H and O–H groups in total. The van der Waals surface area contributed by atoms with Crippen LogP contribution in [0.4, 0.5) is 35.9 Å². The molecule has 0 bridgehead atoms. The van der Waals surface area contributed by atoms with Crippen molar-refractivity contribution in [3.63, 3.8) is 0 Å². The van der Waals surface area contributed by atoms with Gasteiger partial charge in [-0.3, -0.25) is 28.5 Å². The van der Waals surface area contributed by atoms with E-state index < -0.39 is 105 Å². The fourth-order valence-electron chi connectivity index (χ4n) is 11.6. The number of amides is 4. The number of carbonyl (C=O) groups is 4. The maximum Gasteiger partial charge on any atom is 0.472 e. The van der Waals surface area contributed by atoms with Crippen molar-refractivity contribution in [3.8, 4) is 0 Å². The summed E-state index contributed by atoms with van der Waals surface area (Å²) in [5.41, 5.74) is -3.17. The number of hydrogen-bond donors (Lipinski definition) is 4. The molecule has 4 fully saturated rings. The van der Waals surface area contributed by atoms with Crippen molar-refractivity contribution in [2.75, 3.05) is 46.6 Å². The predicted molar refractivity (Wildman–Crippen MR) is 301 cm³/mol. The molecule has 19 nitrogen and oxygen atoms in total. The van der Waals surface area contributed by atoms with Gasteiger partial charge in [-0.25, -0.2) is 18.7 Å². The lowest BCUT2D eigenvalue weighted by atomic mass is 9.74. The Balaban J connectivity index is 0.000000247. The molecule has 4 heterocycles. The van der Waals surface area contributed by atoms with Gasteiger partial charge in [0.1, 0.15) is 0 Å². The van der Waals surface area contributed by atoms with E-state index >= 15 is 0 Å². The highest BCUT2D eigenvalue weighted by Crippen LogP contribution is 2.50. The second kappa shape index (κ2) is 26.4. The van der Waals surface area contributed by atoms with Crippen LogP contribution < -0.4 is 10.6 Å². The lowest BCUT2D eigenvalue weighted by molar-refractivity contribution is -0.138. The van der Waals surface area contributed by atoms with Gasteiger partial charge in [-0.15, -0.1) is 0 Å². The fraction of sp³-hybridized carbons (Fsp3) is 0.525. The number of piperidine rings is 2. The number of hydrogen-bond acceptors (Lipinski definition) is 13. The zero-order chi connectivity index (χ0) is 63.3. The first-order valence-corrected chi connectivity index (χ1v) is 31.3. The average Bonchev–Trinajstić information content (AvgIpc) is 1.20. The number of likely N-dealkylation sites (tertiary alicyclic amines) is 2. The highest BCUT2D eigenvalue weighted by atomic mass is 31.2. The van der Waals surface area contributed by atoms with Crippen molar-refractivity contribution in [2.45, 2.75) is 152 Å². The first-order valence-electron chi connectivity index (χ1n) is 27.8. The van der Waals surface area contributed by atoms with Crippen molar-refractivity contribution in [2.24, 2.45) is 0 Å². The first-order chi connectivity index (χ1) is 40.0. The largest absolute Gasteiger partial charge is 0.472 e. The van der Waals surface area contributed by atoms with Crippen LogP contribution in [0.3, 0.4) is 0 Å². The summed E-state index contributed by atoms with van der Waals surface area (Å²) >= 11 is 0. The lowest BCUT2D eigenvalue weighted by Gasteiger charge is -2.52. The highest BCUT2D eigenvalue weighted by molar-refractivity contribution is 7.53. The Hall–Kier alpha value is -5.88. The van der Waals surface area contributed by atoms with Crippen molar-refractivity contribution >= 4 is 39.4 Å². The molecule has 4 saturated heterocycles. The van der Waals surface area contributed by atoms with Crippen molar-refractivity contribution in [1.29, 1.82) is 0 Å². The topological polar surface area (TPSA) is 238 Å². The van der Waals surface area contributed by atoms with E-state index in [1.165, 1.54) is 16.5 Å². The number of rotatable bonds is 17. The molecule has 0 aromatic heterocycles. The zero-order valence-corrected chi connectivity index (χ0v) is 50.8. The predicted octanol–water partition coefficient (Wildman–Crippen LogP) is 12.4. The van der Waals surface area contributed by atoms with Crippen LogP contribution in [0.5, 0.6) is 0 Å². The first kappa shape index (κ1) is 67.6. The van der Waals surface area contributed by atoms with Gasteiger partial charge in [-0.05, 0) is 134 Å². The Morgan fingerprint density at radius 3 is 1.33 bits per heavy atom. The van der Waals surface area contributed by atoms with Crippen LogP contribution in [0, 0.1) is 13.8 Å². The Bertz CT molecular complexity index is 3170. The lowest BCUT2D eigenvalue weighted by Crippen LogP contribution is -2.65. The number of halogens is 6. The summed E-state index contributed by atoms with van der Waals surface area (Å²) in [6, 6.07) is 25.5. The van der Waals surface area contributed by atoms with Gasteiger partial charge in [-0.2, -0.15) is 26.3 Å². The number of alkyl halides is 6. The van der Waals surface area contributed by atoms with Crippen LogP contribution in [0.1, 0.15) is 143 Å². The fourth-order valence-corrected chi connectivity index (χ4v) is 13.0. The maximum absolute atomic E-state index is 13.9. The van der Waals surface area contributed by atoms with Gasteiger partial charge in [0, 0.05) is 32.6 Å². The standard InChI is InChI=1S/C32H42F3N2O7P.C27H32F3N2O8P/c1-22-16-24(18-26(17-22)32(33,34)35)23(2)41-20-31(25-10-8-7-9-11-25)15-14-30(13-12-27(38)36-30)19-37(31)28(39)42-21-43-45(6,40)44-29(3,4)5;1-18-12-20(14-22(13-18)27(28,29)30)19(2)38-16-26(21-6-4-3-5-7-21)11-10-25(9-8-23(33)31-25)15-32(26)24(34)39-17-40-41(35,36)37/h7-11,16-18,23H,12-15,19-21H2,1-6H3,(H,36,38);3-7,12-14,19H,8-11,15-17H2,1-2H3,(H,31,33)(H2,35,36,37)/t23-,30-,31-,45?;19-,25-,26-/m11/s1. The Morgan fingerprint density at radius 2 is 0.988 bits per heavy atom. The Labute approximate surface area is 495 Å². The molecule has 86 heavy (non-hydrogen) atoms. The van der Waals surface area contributed by atoms with E-state index in [4.69, 9.17) is 37.8 Å². The van der Waals surface area contributed by atoms with Crippen LogP contribution in [0.15, 0.2) is 97.1 Å². The monoisotopic (exact) mass is 1250 g/mol. The summed E-state index contributed by atoms with van der Waals surface area (Å²) in [6.45, 7) is 11.1. The molecule has 4 aliphatic rings. The molecule has 4 amide bonds. The van der Waals surface area contributed by atoms with E-state index in [2.05, 4.69) is 15.2 Å². The molecule has 0 saturated carbocycles. The number of aryl methyl sites for hydroxylation is 2. The summed E-state index contributed by atoms with van der Waals surface area (Å²) in [7, 11) is -8.50.